The molecule has 8 heteroatoms. The standard InChI is InChI=1S/C29H28N2O6/c32-25(33)16-37-23-7-1-17(2-8-23)12-24-26(34)30-28(36)31(27(24)35)22-5-3-21(4-6-22)29-13-18-9-19(14-29)11-20(10-18)15-29/h1-8,12,18-20H,9-11,13-16H2,(H,32,33)(H,30,34,36)/b24-12-. The molecule has 4 amide bonds. The summed E-state index contributed by atoms with van der Waals surface area (Å²) in [5.74, 6) is 0.252. The number of hydrogen-bond donors (Lipinski definition) is 2. The van der Waals surface area contributed by atoms with Gasteiger partial charge >= 0.3 is 12.0 Å². The molecule has 0 unspecified atom stereocenters. The van der Waals surface area contributed by atoms with Crippen LogP contribution in [0.4, 0.5) is 10.5 Å². The lowest BCUT2D eigenvalue weighted by Gasteiger charge is -2.57. The fourth-order valence-corrected chi connectivity index (χ4v) is 7.29. The molecule has 4 bridgehead atoms. The number of ether oxygens (including phenoxy) is 1. The van der Waals surface area contributed by atoms with E-state index in [4.69, 9.17) is 9.84 Å². The molecule has 5 fully saturated rings. The first-order valence-electron chi connectivity index (χ1n) is 12.8. The lowest BCUT2D eigenvalue weighted by Crippen LogP contribution is -2.54. The number of imide groups is 2. The molecule has 4 saturated carbocycles. The first kappa shape index (κ1) is 23.5. The molecule has 2 aromatic rings. The van der Waals surface area contributed by atoms with Gasteiger partial charge in [-0.25, -0.2) is 14.5 Å². The third kappa shape index (κ3) is 4.30. The Bertz CT molecular complexity index is 1280. The van der Waals surface area contributed by atoms with Crippen LogP contribution in [0.15, 0.2) is 54.1 Å². The zero-order chi connectivity index (χ0) is 25.7. The van der Waals surface area contributed by atoms with E-state index in [1.807, 2.05) is 12.1 Å². The fourth-order valence-electron chi connectivity index (χ4n) is 7.29. The van der Waals surface area contributed by atoms with Crippen molar-refractivity contribution in [2.24, 2.45) is 17.8 Å². The van der Waals surface area contributed by atoms with Crippen LogP contribution < -0.4 is 15.0 Å². The number of urea groups is 1. The smallest absolute Gasteiger partial charge is 0.341 e. The minimum absolute atomic E-state index is 0.163. The van der Waals surface area contributed by atoms with E-state index in [0.29, 0.717) is 17.0 Å². The topological polar surface area (TPSA) is 113 Å². The van der Waals surface area contributed by atoms with Gasteiger partial charge in [0.25, 0.3) is 11.8 Å². The maximum Gasteiger partial charge on any atom is 0.341 e. The molecule has 1 heterocycles. The molecule has 2 N–H and O–H groups in total. The molecule has 0 radical (unpaired) electrons. The second kappa shape index (κ2) is 8.87. The molecule has 5 aliphatic rings. The van der Waals surface area contributed by atoms with Crippen LogP contribution in [0.3, 0.4) is 0 Å². The molecular weight excluding hydrogens is 472 g/mol. The summed E-state index contributed by atoms with van der Waals surface area (Å²) in [5, 5.41) is 11.0. The molecule has 0 aromatic heterocycles. The lowest BCUT2D eigenvalue weighted by molar-refractivity contribution is -0.139. The molecule has 8 nitrogen and oxygen atoms in total. The second-order valence-electron chi connectivity index (χ2n) is 11.0. The average molecular weight is 501 g/mol. The van der Waals surface area contributed by atoms with Crippen molar-refractivity contribution in [2.75, 3.05) is 11.5 Å². The van der Waals surface area contributed by atoms with Crippen LogP contribution in [0.1, 0.15) is 49.7 Å². The molecule has 0 spiro atoms. The summed E-state index contributed by atoms with van der Waals surface area (Å²) in [5.41, 5.74) is 2.30. The van der Waals surface area contributed by atoms with E-state index >= 15 is 0 Å². The zero-order valence-corrected chi connectivity index (χ0v) is 20.3. The maximum atomic E-state index is 13.3. The van der Waals surface area contributed by atoms with Crippen molar-refractivity contribution < 1.29 is 29.0 Å². The molecular formula is C29H28N2O6. The number of rotatable bonds is 6. The Hall–Kier alpha value is -3.94. The summed E-state index contributed by atoms with van der Waals surface area (Å²) >= 11 is 0. The SMILES string of the molecule is O=C(O)COc1ccc(/C=C2/C(=O)NC(=O)N(c3ccc(C45CC6CC(CC(C6)C4)C5)cc3)C2=O)cc1. The van der Waals surface area contributed by atoms with Gasteiger partial charge in [0.2, 0.25) is 0 Å². The van der Waals surface area contributed by atoms with Gasteiger partial charge < -0.3 is 9.84 Å². The number of carbonyl (C=O) groups is 4. The number of nitrogens with one attached hydrogen (secondary N) is 1. The lowest BCUT2D eigenvalue weighted by atomic mass is 9.48. The van der Waals surface area contributed by atoms with Crippen LogP contribution in [0.5, 0.6) is 5.75 Å². The van der Waals surface area contributed by atoms with Gasteiger partial charge in [0.1, 0.15) is 11.3 Å². The van der Waals surface area contributed by atoms with Crippen molar-refractivity contribution in [3.63, 3.8) is 0 Å². The van der Waals surface area contributed by atoms with Crippen molar-refractivity contribution in [1.29, 1.82) is 0 Å². The van der Waals surface area contributed by atoms with Gasteiger partial charge in [-0.05, 0) is 103 Å². The maximum absolute atomic E-state index is 13.3. The zero-order valence-electron chi connectivity index (χ0n) is 20.3. The van der Waals surface area contributed by atoms with E-state index in [-0.39, 0.29) is 11.0 Å². The minimum atomic E-state index is -1.09. The second-order valence-corrected chi connectivity index (χ2v) is 11.0. The van der Waals surface area contributed by atoms with Crippen LogP contribution in [-0.2, 0) is 19.8 Å². The van der Waals surface area contributed by atoms with Gasteiger partial charge in [0, 0.05) is 0 Å². The number of carboxylic acid groups (broad SMARTS) is 1. The molecule has 1 aliphatic heterocycles. The van der Waals surface area contributed by atoms with E-state index in [9.17, 15) is 19.2 Å². The first-order valence-corrected chi connectivity index (χ1v) is 12.8. The predicted molar refractivity (Wildman–Crippen MR) is 135 cm³/mol. The van der Waals surface area contributed by atoms with Gasteiger partial charge in [0.05, 0.1) is 5.69 Å². The Balaban J connectivity index is 1.23. The van der Waals surface area contributed by atoms with E-state index in [1.165, 1.54) is 50.2 Å². The highest BCUT2D eigenvalue weighted by Gasteiger charge is 2.51. The van der Waals surface area contributed by atoms with Crippen LogP contribution in [0, 0.1) is 17.8 Å². The Morgan fingerprint density at radius 1 is 0.946 bits per heavy atom. The third-order valence-corrected chi connectivity index (χ3v) is 8.43. The van der Waals surface area contributed by atoms with E-state index < -0.39 is 30.4 Å². The number of aliphatic carboxylic acids is 1. The van der Waals surface area contributed by atoms with Gasteiger partial charge in [-0.15, -0.1) is 0 Å². The number of anilines is 1. The van der Waals surface area contributed by atoms with Gasteiger partial charge in [-0.2, -0.15) is 0 Å². The Morgan fingerprint density at radius 3 is 2.11 bits per heavy atom. The summed E-state index contributed by atoms with van der Waals surface area (Å²) in [6.45, 7) is -0.472. The van der Waals surface area contributed by atoms with Crippen LogP contribution in [0.2, 0.25) is 0 Å². The van der Waals surface area contributed by atoms with Crippen molar-refractivity contribution >= 4 is 35.6 Å². The summed E-state index contributed by atoms with van der Waals surface area (Å²) in [4.78, 5) is 50.1. The Kier molecular flexibility index (Phi) is 5.62. The monoisotopic (exact) mass is 500 g/mol. The van der Waals surface area contributed by atoms with E-state index in [0.717, 1.165) is 22.7 Å². The number of nitrogens with zero attached hydrogens (tertiary/aromatic N) is 1. The molecule has 37 heavy (non-hydrogen) atoms. The summed E-state index contributed by atoms with van der Waals surface area (Å²) in [7, 11) is 0. The van der Waals surface area contributed by atoms with Crippen molar-refractivity contribution in [3.05, 3.63) is 65.2 Å². The number of benzene rings is 2. The Morgan fingerprint density at radius 2 is 1.54 bits per heavy atom. The van der Waals surface area contributed by atoms with E-state index in [2.05, 4.69) is 17.4 Å². The summed E-state index contributed by atoms with van der Waals surface area (Å²) in [6, 6.07) is 13.3. The number of amides is 4. The van der Waals surface area contributed by atoms with E-state index in [1.54, 1.807) is 24.3 Å². The third-order valence-electron chi connectivity index (χ3n) is 8.43. The van der Waals surface area contributed by atoms with Crippen LogP contribution >= 0.6 is 0 Å². The molecule has 190 valence electrons. The number of carboxylic acids is 1. The molecule has 7 rings (SSSR count). The Labute approximate surface area is 214 Å². The van der Waals surface area contributed by atoms with Gasteiger partial charge in [0.15, 0.2) is 6.61 Å². The first-order chi connectivity index (χ1) is 17.8. The largest absolute Gasteiger partial charge is 0.482 e. The van der Waals surface area contributed by atoms with Crippen molar-refractivity contribution in [2.45, 2.75) is 43.9 Å². The molecule has 4 aliphatic carbocycles. The fraction of sp³-hybridized carbons (Fsp3) is 0.379. The van der Waals surface area contributed by atoms with Gasteiger partial charge in [-0.1, -0.05) is 24.3 Å². The van der Waals surface area contributed by atoms with Crippen LogP contribution in [0.25, 0.3) is 6.08 Å². The number of hydrogen-bond acceptors (Lipinski definition) is 5. The highest BCUT2D eigenvalue weighted by molar-refractivity contribution is 6.39. The highest BCUT2D eigenvalue weighted by atomic mass is 16.5. The number of carbonyl (C=O) groups excluding carboxylic acids is 3. The molecule has 2 aromatic carbocycles. The quantitative estimate of drug-likeness (QED) is 0.452. The molecule has 0 atom stereocenters. The summed E-state index contributed by atoms with van der Waals surface area (Å²) in [6.07, 6.45) is 9.17. The van der Waals surface area contributed by atoms with Crippen molar-refractivity contribution in [1.82, 2.24) is 5.32 Å². The number of barbiturate groups is 1. The van der Waals surface area contributed by atoms with Crippen LogP contribution in [-0.4, -0.2) is 35.5 Å². The molecule has 1 saturated heterocycles. The highest BCUT2D eigenvalue weighted by Crippen LogP contribution is 2.60. The minimum Gasteiger partial charge on any atom is -0.482 e. The average Bonchev–Trinajstić information content (AvgIpc) is 2.85. The normalized spacial score (nSPS) is 29.5. The van der Waals surface area contributed by atoms with Crippen molar-refractivity contribution in [3.8, 4) is 5.75 Å². The summed E-state index contributed by atoms with van der Waals surface area (Å²) < 4.78 is 5.11. The predicted octanol–water partition coefficient (Wildman–Crippen LogP) is 4.28. The van der Waals surface area contributed by atoms with Gasteiger partial charge in [-0.3, -0.25) is 14.9 Å².